The van der Waals surface area contributed by atoms with Crippen molar-refractivity contribution in [2.45, 2.75) is 38.0 Å². The Morgan fingerprint density at radius 3 is 2.75 bits per heavy atom. The summed E-state index contributed by atoms with van der Waals surface area (Å²) in [6, 6.07) is 10.5. The van der Waals surface area contributed by atoms with Gasteiger partial charge < -0.3 is 5.11 Å². The van der Waals surface area contributed by atoms with Crippen molar-refractivity contribution in [3.63, 3.8) is 0 Å². The lowest BCUT2D eigenvalue weighted by molar-refractivity contribution is 0.416. The van der Waals surface area contributed by atoms with Gasteiger partial charge >= 0.3 is 0 Å². The van der Waals surface area contributed by atoms with E-state index >= 15 is 0 Å². The summed E-state index contributed by atoms with van der Waals surface area (Å²) in [5.74, 6) is 0.900. The van der Waals surface area contributed by atoms with Crippen LogP contribution in [-0.4, -0.2) is 21.0 Å². The van der Waals surface area contributed by atoms with Gasteiger partial charge in [0.2, 0.25) is 0 Å². The molecule has 4 rings (SSSR count). The van der Waals surface area contributed by atoms with E-state index < -0.39 is 0 Å². The van der Waals surface area contributed by atoms with Gasteiger partial charge in [-0.3, -0.25) is 4.79 Å². The quantitative estimate of drug-likeness (QED) is 0.529. The van der Waals surface area contributed by atoms with E-state index in [4.69, 9.17) is 16.6 Å². The summed E-state index contributed by atoms with van der Waals surface area (Å²) in [4.78, 5) is 17.9. The minimum Gasteiger partial charge on any atom is -0.506 e. The predicted molar refractivity (Wildman–Crippen MR) is 116 cm³/mol. The highest BCUT2D eigenvalue weighted by Gasteiger charge is 2.22. The second kappa shape index (κ2) is 8.05. The van der Waals surface area contributed by atoms with Crippen molar-refractivity contribution in [3.05, 3.63) is 67.6 Å². The van der Waals surface area contributed by atoms with Crippen LogP contribution in [-0.2, 0) is 0 Å². The average Bonchev–Trinajstić information content (AvgIpc) is 2.71. The minimum absolute atomic E-state index is 0.0224. The number of phenolic OH excluding ortho intramolecular Hbond substituents is 1. The molecule has 1 N–H and O–H groups in total. The van der Waals surface area contributed by atoms with Crippen molar-refractivity contribution in [1.82, 2.24) is 9.66 Å². The van der Waals surface area contributed by atoms with Gasteiger partial charge in [0, 0.05) is 16.5 Å². The molecular formula is C21H19BrClN3O2. The third-order valence-electron chi connectivity index (χ3n) is 5.12. The molecule has 5 nitrogen and oxygen atoms in total. The topological polar surface area (TPSA) is 67.5 Å². The van der Waals surface area contributed by atoms with Crippen molar-refractivity contribution < 1.29 is 5.11 Å². The van der Waals surface area contributed by atoms with Crippen LogP contribution in [0.25, 0.3) is 10.9 Å². The third kappa shape index (κ3) is 3.71. The zero-order valence-electron chi connectivity index (χ0n) is 15.1. The van der Waals surface area contributed by atoms with Gasteiger partial charge in [-0.25, -0.2) is 4.98 Å². The number of hydrogen-bond donors (Lipinski definition) is 1. The molecule has 1 aliphatic rings. The van der Waals surface area contributed by atoms with E-state index in [1.807, 2.05) is 18.2 Å². The van der Waals surface area contributed by atoms with Crippen LogP contribution in [0.5, 0.6) is 5.75 Å². The number of fused-ring (bicyclic) bond motifs is 1. The van der Waals surface area contributed by atoms with E-state index in [0.717, 1.165) is 25.7 Å². The maximum absolute atomic E-state index is 13.1. The first-order valence-corrected chi connectivity index (χ1v) is 10.5. The highest BCUT2D eigenvalue weighted by atomic mass is 79.9. The van der Waals surface area contributed by atoms with Crippen LogP contribution >= 0.6 is 27.5 Å². The molecule has 1 saturated carbocycles. The molecule has 28 heavy (non-hydrogen) atoms. The smallest absolute Gasteiger partial charge is 0.282 e. The van der Waals surface area contributed by atoms with Crippen LogP contribution in [0.2, 0.25) is 5.02 Å². The van der Waals surface area contributed by atoms with E-state index in [-0.39, 0.29) is 17.2 Å². The van der Waals surface area contributed by atoms with E-state index in [9.17, 15) is 9.90 Å². The number of aromatic hydroxyl groups is 1. The van der Waals surface area contributed by atoms with Crippen molar-refractivity contribution in [3.8, 4) is 5.75 Å². The Labute approximate surface area is 175 Å². The van der Waals surface area contributed by atoms with Gasteiger partial charge in [-0.2, -0.15) is 9.78 Å². The molecule has 0 atom stereocenters. The first-order valence-electron chi connectivity index (χ1n) is 9.28. The van der Waals surface area contributed by atoms with Gasteiger partial charge in [-0.1, -0.05) is 43.0 Å². The molecule has 0 bridgehead atoms. The molecule has 1 aliphatic carbocycles. The third-order valence-corrected chi connectivity index (χ3v) is 5.94. The molecular weight excluding hydrogens is 442 g/mol. The molecule has 1 fully saturated rings. The first kappa shape index (κ1) is 19.2. The Morgan fingerprint density at radius 2 is 1.96 bits per heavy atom. The number of halogens is 2. The maximum atomic E-state index is 13.1. The van der Waals surface area contributed by atoms with E-state index in [2.05, 4.69) is 21.0 Å². The molecule has 2 aromatic carbocycles. The summed E-state index contributed by atoms with van der Waals surface area (Å²) in [6.45, 7) is 0. The number of para-hydroxylation sites is 1. The predicted octanol–water partition coefficient (Wildman–Crippen LogP) is 5.45. The lowest BCUT2D eigenvalue weighted by atomic mass is 9.88. The van der Waals surface area contributed by atoms with Crippen LogP contribution in [0.3, 0.4) is 0 Å². The summed E-state index contributed by atoms with van der Waals surface area (Å²) in [5, 5.41) is 15.7. The number of benzene rings is 2. The van der Waals surface area contributed by atoms with Crippen molar-refractivity contribution in [2.24, 2.45) is 5.10 Å². The van der Waals surface area contributed by atoms with E-state index in [1.54, 1.807) is 18.2 Å². The zero-order valence-corrected chi connectivity index (χ0v) is 17.4. The molecule has 7 heteroatoms. The molecule has 0 amide bonds. The fourth-order valence-corrected chi connectivity index (χ4v) is 4.52. The summed E-state index contributed by atoms with van der Waals surface area (Å²) in [6.07, 6.45) is 6.90. The highest BCUT2D eigenvalue weighted by Crippen LogP contribution is 2.32. The molecule has 0 aliphatic heterocycles. The molecule has 1 aromatic heterocycles. The van der Waals surface area contributed by atoms with E-state index in [1.165, 1.54) is 17.3 Å². The van der Waals surface area contributed by atoms with Crippen molar-refractivity contribution in [1.29, 1.82) is 0 Å². The molecule has 3 aromatic rings. The molecule has 0 saturated heterocycles. The van der Waals surface area contributed by atoms with Gasteiger partial charge in [0.05, 0.1) is 21.6 Å². The Balaban J connectivity index is 1.87. The molecule has 0 unspecified atom stereocenters. The van der Waals surface area contributed by atoms with Crippen molar-refractivity contribution >= 4 is 44.6 Å². The largest absolute Gasteiger partial charge is 0.506 e. The fraction of sp³-hybridized carbons (Fsp3) is 0.286. The van der Waals surface area contributed by atoms with Gasteiger partial charge in [-0.05, 0) is 53.0 Å². The number of phenols is 1. The molecule has 144 valence electrons. The van der Waals surface area contributed by atoms with Gasteiger partial charge in [-0.15, -0.1) is 0 Å². The Hall–Kier alpha value is -2.18. The molecule has 0 spiro atoms. The second-order valence-electron chi connectivity index (χ2n) is 7.01. The van der Waals surface area contributed by atoms with Crippen LogP contribution < -0.4 is 5.56 Å². The number of rotatable bonds is 3. The lowest BCUT2D eigenvalue weighted by Gasteiger charge is -2.22. The minimum atomic E-state index is -0.206. The summed E-state index contributed by atoms with van der Waals surface area (Å²) < 4.78 is 1.85. The highest BCUT2D eigenvalue weighted by molar-refractivity contribution is 9.10. The maximum Gasteiger partial charge on any atom is 0.282 e. The average molecular weight is 461 g/mol. The summed E-state index contributed by atoms with van der Waals surface area (Å²) in [5.41, 5.74) is 0.907. The van der Waals surface area contributed by atoms with Crippen LogP contribution in [0.4, 0.5) is 0 Å². The van der Waals surface area contributed by atoms with Gasteiger partial charge in [0.1, 0.15) is 11.6 Å². The molecule has 0 radical (unpaired) electrons. The lowest BCUT2D eigenvalue weighted by Crippen LogP contribution is -2.25. The number of nitrogens with zero attached hydrogens (tertiary/aromatic N) is 3. The Bertz CT molecular complexity index is 1120. The first-order chi connectivity index (χ1) is 13.5. The number of hydrogen-bond acceptors (Lipinski definition) is 4. The normalized spacial score (nSPS) is 15.5. The van der Waals surface area contributed by atoms with Gasteiger partial charge in [0.25, 0.3) is 5.56 Å². The second-order valence-corrected chi connectivity index (χ2v) is 8.30. The van der Waals surface area contributed by atoms with Crippen LogP contribution in [0.1, 0.15) is 49.4 Å². The van der Waals surface area contributed by atoms with Crippen LogP contribution in [0, 0.1) is 0 Å². The number of aromatic nitrogens is 2. The summed E-state index contributed by atoms with van der Waals surface area (Å²) >= 11 is 9.35. The van der Waals surface area contributed by atoms with Crippen LogP contribution in [0.15, 0.2) is 50.8 Å². The standard InChI is InChI=1S/C21H19BrClN3O2/c22-17-11-15(23)10-14(19(17)27)12-24-26-20(13-6-2-1-3-7-13)25-18-9-5-4-8-16(18)21(26)28/h4-5,8-13,27H,1-3,6-7H2. The summed E-state index contributed by atoms with van der Waals surface area (Å²) in [7, 11) is 0. The van der Waals surface area contributed by atoms with E-state index in [0.29, 0.717) is 31.8 Å². The van der Waals surface area contributed by atoms with Gasteiger partial charge in [0.15, 0.2) is 0 Å². The fourth-order valence-electron chi connectivity index (χ4n) is 3.68. The van der Waals surface area contributed by atoms with Crippen molar-refractivity contribution in [2.75, 3.05) is 0 Å². The zero-order chi connectivity index (χ0) is 19.7. The Kier molecular flexibility index (Phi) is 5.51. The Morgan fingerprint density at radius 1 is 1.21 bits per heavy atom. The SMILES string of the molecule is O=c1c2ccccc2nc(C2CCCCC2)n1N=Cc1cc(Cl)cc(Br)c1O. The molecule has 1 heterocycles. The monoisotopic (exact) mass is 459 g/mol.